The van der Waals surface area contributed by atoms with E-state index in [1.807, 2.05) is 13.8 Å². The van der Waals surface area contributed by atoms with Gasteiger partial charge in [-0.3, -0.25) is 37.8 Å². The molecule has 0 aliphatic carbocycles. The van der Waals surface area contributed by atoms with Crippen molar-refractivity contribution in [2.45, 2.75) is 89.9 Å². The first-order chi connectivity index (χ1) is 25.0. The predicted octanol–water partition coefficient (Wildman–Crippen LogP) is -0.208. The standard InChI is InChI=1S/C33H55N6O13P/c1-20(2)13-25(37-33(46)27-7-6-9-39(27)30(43)8-10-51-12-11-49-4)28(41)15-22(14-23-17-35-19-36-23)32(45)38-26(18-40)29(42)16-24(31(34)44)21(3)52-53(47,48)50-5/h17,19-22,24-27,40H,6-16,18H2,1-5H3,(H2,34,44)(H,35,36)(H,37,46)(H,38,45)(H,47,48)/t21-,22-,24+,25+,26+,27+/m1/s1. The topological polar surface area (TPSA) is 279 Å². The van der Waals surface area contributed by atoms with Gasteiger partial charge in [0, 0.05) is 51.9 Å². The highest BCUT2D eigenvalue weighted by molar-refractivity contribution is 7.47. The molecule has 19 nitrogen and oxygen atoms in total. The van der Waals surface area contributed by atoms with Crippen molar-refractivity contribution in [1.82, 2.24) is 25.5 Å². The molecule has 4 amide bonds. The Morgan fingerprint density at radius 3 is 2.34 bits per heavy atom. The molecular formula is C33H55N6O13P. The SMILES string of the molecule is COCCOCCC(=O)N1CCC[C@H]1C(=O)N[C@@H](CC(C)C)C(=O)C[C@@H](Cc1cnc[nH]1)C(=O)N[C@@H](CO)C(=O)C[C@H](C(N)=O)[C@@H](C)OP(=O)(O)OC. The van der Waals surface area contributed by atoms with Gasteiger partial charge in [-0.2, -0.15) is 0 Å². The fourth-order valence-corrected chi connectivity index (χ4v) is 6.55. The lowest BCUT2D eigenvalue weighted by atomic mass is 9.89. The van der Waals surface area contributed by atoms with Gasteiger partial charge in [0.25, 0.3) is 0 Å². The number of rotatable bonds is 26. The third kappa shape index (κ3) is 15.4. The Balaban J connectivity index is 2.20. The number of phosphoric acid groups is 1. The molecule has 1 fully saturated rings. The Hall–Kier alpha value is -3.58. The van der Waals surface area contributed by atoms with Crippen molar-refractivity contribution in [3.05, 3.63) is 18.2 Å². The van der Waals surface area contributed by atoms with Crippen LogP contribution in [-0.2, 0) is 58.3 Å². The lowest BCUT2D eigenvalue weighted by molar-refractivity contribution is -0.140. The molecular weight excluding hydrogens is 719 g/mol. The maximum Gasteiger partial charge on any atom is 0.472 e. The van der Waals surface area contributed by atoms with Crippen LogP contribution in [0.4, 0.5) is 0 Å². The second-order valence-electron chi connectivity index (χ2n) is 13.3. The number of hydrogen-bond acceptors (Lipinski definition) is 13. The highest BCUT2D eigenvalue weighted by Crippen LogP contribution is 2.44. The van der Waals surface area contributed by atoms with Crippen LogP contribution >= 0.6 is 7.82 Å². The number of aliphatic hydroxyl groups excluding tert-OH is 1. The van der Waals surface area contributed by atoms with Crippen LogP contribution in [0.1, 0.15) is 65.0 Å². The first-order valence-electron chi connectivity index (χ1n) is 17.5. The van der Waals surface area contributed by atoms with Gasteiger partial charge in [-0.15, -0.1) is 0 Å². The van der Waals surface area contributed by atoms with E-state index in [0.717, 1.165) is 7.11 Å². The molecule has 0 aromatic carbocycles. The summed E-state index contributed by atoms with van der Waals surface area (Å²) in [5.41, 5.74) is 5.92. The van der Waals surface area contributed by atoms with Crippen LogP contribution in [0.15, 0.2) is 12.5 Å². The number of hydrogen-bond donors (Lipinski definition) is 6. The number of ketones is 2. The zero-order valence-corrected chi connectivity index (χ0v) is 31.9. The summed E-state index contributed by atoms with van der Waals surface area (Å²) in [5.74, 6) is -6.42. The van der Waals surface area contributed by atoms with Gasteiger partial charge in [0.2, 0.25) is 23.6 Å². The third-order valence-electron chi connectivity index (χ3n) is 8.79. The van der Waals surface area contributed by atoms with Gasteiger partial charge in [0.05, 0.1) is 63.2 Å². The molecule has 1 aromatic rings. The minimum absolute atomic E-state index is 0.0266. The zero-order valence-electron chi connectivity index (χ0n) is 31.0. The van der Waals surface area contributed by atoms with E-state index in [0.29, 0.717) is 38.3 Å². The van der Waals surface area contributed by atoms with Gasteiger partial charge in [-0.1, -0.05) is 13.8 Å². The number of nitrogens with zero attached hydrogens (tertiary/aromatic N) is 2. The van der Waals surface area contributed by atoms with Crippen molar-refractivity contribution in [1.29, 1.82) is 0 Å². The average molecular weight is 775 g/mol. The second-order valence-corrected chi connectivity index (χ2v) is 14.8. The quantitative estimate of drug-likeness (QED) is 0.0525. The number of Topliss-reactive ketones (excluding diaryl/α,β-unsaturated/α-hetero) is 2. The fourth-order valence-electron chi connectivity index (χ4n) is 5.90. The molecule has 0 radical (unpaired) electrons. The first kappa shape index (κ1) is 45.6. The van der Waals surface area contributed by atoms with E-state index in [1.54, 1.807) is 7.11 Å². The molecule has 1 aliphatic rings. The number of aromatic amines is 1. The van der Waals surface area contributed by atoms with Crippen molar-refractivity contribution in [3.63, 3.8) is 0 Å². The van der Waals surface area contributed by atoms with Crippen LogP contribution in [0.5, 0.6) is 0 Å². The monoisotopic (exact) mass is 774 g/mol. The maximum atomic E-state index is 13.9. The number of phosphoric ester groups is 1. The fraction of sp³-hybridized carbons (Fsp3) is 0.727. The number of imidazole rings is 1. The van der Waals surface area contributed by atoms with E-state index < -0.39 is 86.2 Å². The molecule has 1 unspecified atom stereocenters. The van der Waals surface area contributed by atoms with Crippen molar-refractivity contribution in [2.75, 3.05) is 47.2 Å². The normalized spacial score (nSPS) is 18.4. The summed E-state index contributed by atoms with van der Waals surface area (Å²) in [5, 5.41) is 15.3. The van der Waals surface area contributed by atoms with Gasteiger partial charge >= 0.3 is 7.82 Å². The van der Waals surface area contributed by atoms with E-state index in [2.05, 4.69) is 25.1 Å². The molecule has 53 heavy (non-hydrogen) atoms. The summed E-state index contributed by atoms with van der Waals surface area (Å²) in [4.78, 5) is 97.3. The number of carbonyl (C=O) groups excluding carboxylic acids is 6. The molecule has 1 saturated heterocycles. The molecule has 20 heteroatoms. The molecule has 0 bridgehead atoms. The predicted molar refractivity (Wildman–Crippen MR) is 188 cm³/mol. The van der Waals surface area contributed by atoms with E-state index in [1.165, 1.54) is 24.3 Å². The average Bonchev–Trinajstić information content (AvgIpc) is 3.81. The molecule has 7 atom stereocenters. The van der Waals surface area contributed by atoms with Gasteiger partial charge in [-0.25, -0.2) is 9.55 Å². The summed E-state index contributed by atoms with van der Waals surface area (Å²) in [6.07, 6.45) is 1.77. The van der Waals surface area contributed by atoms with Crippen molar-refractivity contribution < 1.29 is 61.9 Å². The Labute approximate surface area is 309 Å². The van der Waals surface area contributed by atoms with Gasteiger partial charge in [0.15, 0.2) is 11.6 Å². The van der Waals surface area contributed by atoms with Crippen molar-refractivity contribution >= 4 is 43.0 Å². The molecule has 2 heterocycles. The highest BCUT2D eigenvalue weighted by atomic mass is 31.2. The largest absolute Gasteiger partial charge is 0.472 e. The number of amides is 4. The lowest BCUT2D eigenvalue weighted by Crippen LogP contribution is -2.52. The number of ether oxygens (including phenoxy) is 2. The highest BCUT2D eigenvalue weighted by Gasteiger charge is 2.38. The number of nitrogens with one attached hydrogen (secondary N) is 3. The third-order valence-corrected chi connectivity index (χ3v) is 9.85. The first-order valence-corrected chi connectivity index (χ1v) is 19.0. The van der Waals surface area contributed by atoms with E-state index in [9.17, 15) is 43.3 Å². The minimum atomic E-state index is -4.55. The number of H-pyrrole nitrogens is 1. The van der Waals surface area contributed by atoms with Crippen LogP contribution in [0.25, 0.3) is 0 Å². The number of primary amides is 1. The molecule has 0 spiro atoms. The summed E-state index contributed by atoms with van der Waals surface area (Å²) < 4.78 is 31.4. The van der Waals surface area contributed by atoms with Crippen LogP contribution in [0.2, 0.25) is 0 Å². The number of methoxy groups -OCH3 is 1. The molecule has 2 rings (SSSR count). The smallest absolute Gasteiger partial charge is 0.394 e. The van der Waals surface area contributed by atoms with Crippen molar-refractivity contribution in [2.24, 2.45) is 23.5 Å². The molecule has 300 valence electrons. The van der Waals surface area contributed by atoms with Gasteiger partial charge in [-0.05, 0) is 32.1 Å². The number of nitrogens with two attached hydrogens (primary N) is 1. The van der Waals surface area contributed by atoms with Crippen LogP contribution in [-0.4, -0.2) is 131 Å². The number of carbonyl (C=O) groups is 6. The molecule has 7 N–H and O–H groups in total. The summed E-state index contributed by atoms with van der Waals surface area (Å²) in [6.45, 7) is 5.37. The van der Waals surface area contributed by atoms with Gasteiger partial charge in [0.1, 0.15) is 12.1 Å². The number of aromatic nitrogens is 2. The summed E-state index contributed by atoms with van der Waals surface area (Å²) in [6, 6.07) is -3.32. The van der Waals surface area contributed by atoms with Crippen molar-refractivity contribution in [3.8, 4) is 0 Å². The Bertz CT molecular complexity index is 1410. The Morgan fingerprint density at radius 1 is 1.06 bits per heavy atom. The molecule has 0 saturated carbocycles. The van der Waals surface area contributed by atoms with Crippen LogP contribution < -0.4 is 16.4 Å². The Morgan fingerprint density at radius 2 is 1.75 bits per heavy atom. The second kappa shape index (κ2) is 22.6. The zero-order chi connectivity index (χ0) is 39.7. The van der Waals surface area contributed by atoms with E-state index in [4.69, 9.17) is 19.7 Å². The minimum Gasteiger partial charge on any atom is -0.394 e. The maximum absolute atomic E-state index is 13.9. The van der Waals surface area contributed by atoms with Crippen LogP contribution in [0, 0.1) is 17.8 Å². The lowest BCUT2D eigenvalue weighted by Gasteiger charge is -2.28. The summed E-state index contributed by atoms with van der Waals surface area (Å²) >= 11 is 0. The Kier molecular flexibility index (Phi) is 19.4. The molecule has 1 aromatic heterocycles. The molecule has 1 aliphatic heterocycles. The van der Waals surface area contributed by atoms with Crippen LogP contribution in [0.3, 0.4) is 0 Å². The number of aliphatic hydroxyl groups is 1. The summed E-state index contributed by atoms with van der Waals surface area (Å²) in [7, 11) is -2.10. The van der Waals surface area contributed by atoms with E-state index in [-0.39, 0.29) is 44.1 Å². The number of likely N-dealkylation sites (tertiary alicyclic amines) is 1. The van der Waals surface area contributed by atoms with Gasteiger partial charge < -0.3 is 45.7 Å². The van der Waals surface area contributed by atoms with E-state index >= 15 is 0 Å².